The molecular weight excluding hydrogens is 297 g/mol. The van der Waals surface area contributed by atoms with Gasteiger partial charge in [0, 0.05) is 17.5 Å². The minimum atomic E-state index is -1.11. The lowest BCUT2D eigenvalue weighted by Gasteiger charge is -2.07. The first-order valence-electron chi connectivity index (χ1n) is 5.99. The van der Waals surface area contributed by atoms with Crippen molar-refractivity contribution in [1.82, 2.24) is 15.6 Å². The molecule has 6 nitrogen and oxygen atoms in total. The highest BCUT2D eigenvalue weighted by atomic mass is 32.1. The van der Waals surface area contributed by atoms with Crippen LogP contribution in [-0.4, -0.2) is 22.1 Å². The summed E-state index contributed by atoms with van der Waals surface area (Å²) in [5.74, 6) is -1.50. The molecule has 1 aromatic heterocycles. The third-order valence-electron chi connectivity index (χ3n) is 2.57. The third-order valence-corrected chi connectivity index (χ3v) is 3.42. The first-order chi connectivity index (χ1) is 10.1. The van der Waals surface area contributed by atoms with Crippen LogP contribution >= 0.6 is 11.3 Å². The molecule has 0 bridgehead atoms. The number of benzene rings is 1. The summed E-state index contributed by atoms with van der Waals surface area (Å²) in [5, 5.41) is 15.6. The van der Waals surface area contributed by atoms with Gasteiger partial charge in [-0.2, -0.15) is 0 Å². The number of carbonyl (C=O) groups excluding carboxylic acids is 1. The van der Waals surface area contributed by atoms with Gasteiger partial charge >= 0.3 is 12.0 Å². The first-order valence-corrected chi connectivity index (χ1v) is 6.87. The summed E-state index contributed by atoms with van der Waals surface area (Å²) in [5.41, 5.74) is 0.332. The van der Waals surface area contributed by atoms with Crippen LogP contribution < -0.4 is 10.6 Å². The molecule has 0 radical (unpaired) electrons. The van der Waals surface area contributed by atoms with Crippen LogP contribution in [0.15, 0.2) is 29.6 Å². The molecule has 3 N–H and O–H groups in total. The second-order valence-corrected chi connectivity index (χ2v) is 5.00. The van der Waals surface area contributed by atoms with E-state index < -0.39 is 12.0 Å². The van der Waals surface area contributed by atoms with Crippen LogP contribution in [0.25, 0.3) is 0 Å². The second-order valence-electron chi connectivity index (χ2n) is 4.06. The van der Waals surface area contributed by atoms with Gasteiger partial charge in [0.1, 0.15) is 10.8 Å². The Labute approximate surface area is 123 Å². The van der Waals surface area contributed by atoms with E-state index in [1.165, 1.54) is 11.4 Å². The van der Waals surface area contributed by atoms with Crippen molar-refractivity contribution in [2.45, 2.75) is 13.1 Å². The molecule has 0 spiro atoms. The summed E-state index contributed by atoms with van der Waals surface area (Å²) in [4.78, 5) is 26.0. The van der Waals surface area contributed by atoms with E-state index in [4.69, 9.17) is 5.11 Å². The quantitative estimate of drug-likeness (QED) is 0.787. The average Bonchev–Trinajstić information content (AvgIpc) is 2.93. The standard InChI is InChI=1S/C13H12FN3O3S/c14-9-4-2-1-3-8(9)5-15-13(20)16-6-11-17-10(7-21-11)12(18)19/h1-4,7H,5-6H2,(H,18,19)(H2,15,16,20). The fraction of sp³-hybridized carbons (Fsp3) is 0.154. The highest BCUT2D eigenvalue weighted by Gasteiger charge is 2.09. The largest absolute Gasteiger partial charge is 0.476 e. The van der Waals surface area contributed by atoms with Gasteiger partial charge in [0.05, 0.1) is 6.54 Å². The van der Waals surface area contributed by atoms with Crippen molar-refractivity contribution in [2.24, 2.45) is 0 Å². The zero-order valence-electron chi connectivity index (χ0n) is 10.8. The molecule has 2 rings (SSSR count). The Balaban J connectivity index is 1.79. The summed E-state index contributed by atoms with van der Waals surface area (Å²) in [6.07, 6.45) is 0. The topological polar surface area (TPSA) is 91.3 Å². The Morgan fingerprint density at radius 2 is 1.95 bits per heavy atom. The van der Waals surface area contributed by atoms with Gasteiger partial charge in [-0.1, -0.05) is 18.2 Å². The number of urea groups is 1. The molecule has 0 fully saturated rings. The van der Waals surface area contributed by atoms with E-state index in [9.17, 15) is 14.0 Å². The molecule has 0 unspecified atom stereocenters. The molecule has 8 heteroatoms. The number of thiazole rings is 1. The van der Waals surface area contributed by atoms with Crippen molar-refractivity contribution < 1.29 is 19.1 Å². The van der Waals surface area contributed by atoms with Crippen molar-refractivity contribution in [3.63, 3.8) is 0 Å². The van der Waals surface area contributed by atoms with Crippen molar-refractivity contribution in [3.05, 3.63) is 51.7 Å². The Morgan fingerprint density at radius 1 is 1.24 bits per heavy atom. The molecular formula is C13H12FN3O3S. The SMILES string of the molecule is O=C(NCc1nc(C(=O)O)cs1)NCc1ccccc1F. The van der Waals surface area contributed by atoms with Crippen LogP contribution in [0, 0.1) is 5.82 Å². The van der Waals surface area contributed by atoms with Gasteiger partial charge < -0.3 is 15.7 Å². The molecule has 0 atom stereocenters. The number of nitrogens with zero attached hydrogens (tertiary/aromatic N) is 1. The molecule has 110 valence electrons. The molecule has 0 aliphatic carbocycles. The van der Waals surface area contributed by atoms with E-state index >= 15 is 0 Å². The molecule has 2 aromatic rings. The van der Waals surface area contributed by atoms with Crippen molar-refractivity contribution in [3.8, 4) is 0 Å². The molecule has 0 saturated heterocycles. The summed E-state index contributed by atoms with van der Waals surface area (Å²) in [7, 11) is 0. The number of rotatable bonds is 5. The maximum absolute atomic E-state index is 13.3. The lowest BCUT2D eigenvalue weighted by atomic mass is 10.2. The Kier molecular flexibility index (Phi) is 4.83. The zero-order valence-corrected chi connectivity index (χ0v) is 11.6. The highest BCUT2D eigenvalue weighted by molar-refractivity contribution is 7.09. The lowest BCUT2D eigenvalue weighted by Crippen LogP contribution is -2.34. The molecule has 0 aliphatic rings. The van der Waals surface area contributed by atoms with Gasteiger partial charge in [-0.25, -0.2) is 19.0 Å². The van der Waals surface area contributed by atoms with Crippen molar-refractivity contribution in [1.29, 1.82) is 0 Å². The maximum Gasteiger partial charge on any atom is 0.355 e. The number of nitrogens with one attached hydrogen (secondary N) is 2. The van der Waals surface area contributed by atoms with E-state index in [1.54, 1.807) is 18.2 Å². The van der Waals surface area contributed by atoms with Crippen molar-refractivity contribution in [2.75, 3.05) is 0 Å². The number of carbonyl (C=O) groups is 2. The van der Waals surface area contributed by atoms with Crippen LogP contribution in [0.1, 0.15) is 21.1 Å². The number of aromatic nitrogens is 1. The number of hydrogen-bond donors (Lipinski definition) is 3. The van der Waals surface area contributed by atoms with Crippen LogP contribution in [0.3, 0.4) is 0 Å². The Bertz CT molecular complexity index is 660. The van der Waals surface area contributed by atoms with E-state index in [-0.39, 0.29) is 24.6 Å². The predicted molar refractivity (Wildman–Crippen MR) is 74.5 cm³/mol. The number of aromatic carboxylic acids is 1. The van der Waals surface area contributed by atoms with Gasteiger partial charge in [-0.05, 0) is 6.07 Å². The molecule has 21 heavy (non-hydrogen) atoms. The molecule has 0 saturated carbocycles. The number of halogens is 1. The smallest absolute Gasteiger partial charge is 0.355 e. The predicted octanol–water partition coefficient (Wildman–Crippen LogP) is 1.98. The summed E-state index contributed by atoms with van der Waals surface area (Å²) < 4.78 is 13.3. The molecule has 2 amide bonds. The second kappa shape index (κ2) is 6.80. The van der Waals surface area contributed by atoms with Crippen LogP contribution in [0.2, 0.25) is 0 Å². The Morgan fingerprint density at radius 3 is 2.62 bits per heavy atom. The minimum absolute atomic E-state index is 0.0523. The lowest BCUT2D eigenvalue weighted by molar-refractivity contribution is 0.0691. The Hall–Kier alpha value is -2.48. The molecule has 1 aromatic carbocycles. The normalized spacial score (nSPS) is 10.1. The summed E-state index contributed by atoms with van der Waals surface area (Å²) in [6.45, 7) is 0.178. The van der Waals surface area contributed by atoms with E-state index in [0.717, 1.165) is 11.3 Å². The third kappa shape index (κ3) is 4.25. The summed E-state index contributed by atoms with van der Waals surface area (Å²) in [6, 6.07) is 5.67. The van der Waals surface area contributed by atoms with Crippen molar-refractivity contribution >= 4 is 23.3 Å². The maximum atomic E-state index is 13.3. The molecule has 0 aliphatic heterocycles. The number of carboxylic acids is 1. The minimum Gasteiger partial charge on any atom is -0.476 e. The van der Waals surface area contributed by atoms with E-state index in [1.807, 2.05) is 0 Å². The molecule has 1 heterocycles. The fourth-order valence-corrected chi connectivity index (χ4v) is 2.23. The van der Waals surface area contributed by atoms with Gasteiger partial charge in [-0.15, -0.1) is 11.3 Å². The van der Waals surface area contributed by atoms with Gasteiger partial charge in [-0.3, -0.25) is 0 Å². The fourth-order valence-electron chi connectivity index (χ4n) is 1.53. The van der Waals surface area contributed by atoms with Gasteiger partial charge in [0.15, 0.2) is 5.69 Å². The highest BCUT2D eigenvalue weighted by Crippen LogP contribution is 2.09. The number of carboxylic acid groups (broad SMARTS) is 1. The van der Waals surface area contributed by atoms with E-state index in [2.05, 4.69) is 15.6 Å². The number of amides is 2. The van der Waals surface area contributed by atoms with Crippen LogP contribution in [-0.2, 0) is 13.1 Å². The van der Waals surface area contributed by atoms with Gasteiger partial charge in [0.25, 0.3) is 0 Å². The van der Waals surface area contributed by atoms with Gasteiger partial charge in [0.2, 0.25) is 0 Å². The summed E-state index contributed by atoms with van der Waals surface area (Å²) >= 11 is 1.14. The monoisotopic (exact) mass is 309 g/mol. The van der Waals surface area contributed by atoms with E-state index in [0.29, 0.717) is 10.6 Å². The van der Waals surface area contributed by atoms with Crippen LogP contribution in [0.5, 0.6) is 0 Å². The first kappa shape index (κ1) is 14.9. The average molecular weight is 309 g/mol. The zero-order chi connectivity index (χ0) is 15.2. The number of hydrogen-bond acceptors (Lipinski definition) is 4. The van der Waals surface area contributed by atoms with Crippen LogP contribution in [0.4, 0.5) is 9.18 Å².